The van der Waals surface area contributed by atoms with Crippen molar-refractivity contribution in [3.63, 3.8) is 0 Å². The van der Waals surface area contributed by atoms with Crippen molar-refractivity contribution in [2.75, 3.05) is 11.9 Å². The summed E-state index contributed by atoms with van der Waals surface area (Å²) in [6.45, 7) is 5.90. The number of hydrogen-bond acceptors (Lipinski definition) is 5. The predicted molar refractivity (Wildman–Crippen MR) is 113 cm³/mol. The molecule has 0 saturated carbocycles. The van der Waals surface area contributed by atoms with Crippen molar-refractivity contribution in [1.29, 1.82) is 0 Å². The zero-order valence-corrected chi connectivity index (χ0v) is 16.4. The maximum atomic E-state index is 11.9. The van der Waals surface area contributed by atoms with Crippen molar-refractivity contribution in [2.24, 2.45) is 5.10 Å². The summed E-state index contributed by atoms with van der Waals surface area (Å²) in [5.74, 6) is -0.210. The highest BCUT2D eigenvalue weighted by Crippen LogP contribution is 2.31. The van der Waals surface area contributed by atoms with E-state index in [9.17, 15) is 14.7 Å². The molecule has 0 aromatic heterocycles. The summed E-state index contributed by atoms with van der Waals surface area (Å²) in [6.07, 6.45) is 3.66. The fraction of sp³-hybridized carbons (Fsp3) is 0.227. The second kappa shape index (κ2) is 11.3. The molecule has 0 fully saturated rings. The van der Waals surface area contributed by atoms with Gasteiger partial charge < -0.3 is 15.2 Å². The van der Waals surface area contributed by atoms with Crippen LogP contribution in [0, 0.1) is 0 Å². The van der Waals surface area contributed by atoms with E-state index >= 15 is 0 Å². The van der Waals surface area contributed by atoms with E-state index in [0.29, 0.717) is 35.6 Å². The van der Waals surface area contributed by atoms with Crippen molar-refractivity contribution >= 4 is 23.7 Å². The van der Waals surface area contributed by atoms with Crippen molar-refractivity contribution in [3.8, 4) is 11.5 Å². The minimum Gasteiger partial charge on any atom is -0.504 e. The van der Waals surface area contributed by atoms with Crippen LogP contribution in [0.15, 0.2) is 60.2 Å². The van der Waals surface area contributed by atoms with Crippen LogP contribution in [0.3, 0.4) is 0 Å². The fourth-order valence-corrected chi connectivity index (χ4v) is 2.55. The summed E-state index contributed by atoms with van der Waals surface area (Å²) in [5, 5.41) is 16.8. The largest absolute Gasteiger partial charge is 0.504 e. The first-order chi connectivity index (χ1) is 14.0. The molecule has 3 N–H and O–H groups in total. The van der Waals surface area contributed by atoms with Crippen LogP contribution in [0.5, 0.6) is 11.5 Å². The third-order valence-electron chi connectivity index (χ3n) is 3.88. The third kappa shape index (κ3) is 7.14. The molecule has 2 amide bonds. The standard InChI is InChI=1S/C22H25N3O4/c1-3-8-17-13-16(14-19(22(17)28)29-4-2)15-23-25-21(27)12-11-20(26)24-18-9-6-5-7-10-18/h3,5-7,9-10,13-15,28H,1,4,8,11-12H2,2H3,(H,24,26)(H,25,27)/b23-15+. The average molecular weight is 395 g/mol. The molecule has 0 atom stereocenters. The van der Waals surface area contributed by atoms with Gasteiger partial charge in [-0.25, -0.2) is 5.43 Å². The van der Waals surface area contributed by atoms with E-state index in [0.717, 1.165) is 0 Å². The summed E-state index contributed by atoms with van der Waals surface area (Å²) in [4.78, 5) is 23.8. The van der Waals surface area contributed by atoms with Crippen molar-refractivity contribution < 1.29 is 19.4 Å². The van der Waals surface area contributed by atoms with E-state index in [1.165, 1.54) is 6.21 Å². The van der Waals surface area contributed by atoms with Gasteiger partial charge in [-0.05, 0) is 43.2 Å². The third-order valence-corrected chi connectivity index (χ3v) is 3.88. The number of hydrogen-bond donors (Lipinski definition) is 3. The number of para-hydroxylation sites is 1. The van der Waals surface area contributed by atoms with E-state index in [1.54, 1.807) is 30.3 Å². The van der Waals surface area contributed by atoms with Gasteiger partial charge in [-0.3, -0.25) is 9.59 Å². The average Bonchev–Trinajstić information content (AvgIpc) is 2.71. The maximum absolute atomic E-state index is 11.9. The van der Waals surface area contributed by atoms with Crippen LogP contribution in [0.1, 0.15) is 30.9 Å². The zero-order chi connectivity index (χ0) is 21.1. The minimum absolute atomic E-state index is 0.0114. The molecular formula is C22H25N3O4. The molecule has 2 rings (SSSR count). The van der Waals surface area contributed by atoms with Crippen LogP contribution in [0.4, 0.5) is 5.69 Å². The summed E-state index contributed by atoms with van der Waals surface area (Å²) >= 11 is 0. The van der Waals surface area contributed by atoms with E-state index < -0.39 is 0 Å². The molecule has 0 heterocycles. The molecule has 0 aliphatic rings. The van der Waals surface area contributed by atoms with Gasteiger partial charge in [-0.2, -0.15) is 5.10 Å². The number of benzene rings is 2. The lowest BCUT2D eigenvalue weighted by Gasteiger charge is -2.10. The Morgan fingerprint density at radius 2 is 1.90 bits per heavy atom. The number of carbonyl (C=O) groups excluding carboxylic acids is 2. The lowest BCUT2D eigenvalue weighted by atomic mass is 10.1. The predicted octanol–water partition coefficient (Wildman–Crippen LogP) is 3.39. The highest BCUT2D eigenvalue weighted by atomic mass is 16.5. The number of amides is 2. The number of rotatable bonds is 10. The fourth-order valence-electron chi connectivity index (χ4n) is 2.55. The van der Waals surface area contributed by atoms with Crippen LogP contribution in [-0.2, 0) is 16.0 Å². The number of anilines is 1. The van der Waals surface area contributed by atoms with Gasteiger partial charge in [0.05, 0.1) is 12.8 Å². The first-order valence-corrected chi connectivity index (χ1v) is 9.29. The summed E-state index contributed by atoms with van der Waals surface area (Å²) in [6, 6.07) is 12.4. The van der Waals surface area contributed by atoms with E-state index in [2.05, 4.69) is 22.4 Å². The number of aromatic hydroxyl groups is 1. The van der Waals surface area contributed by atoms with Gasteiger partial charge in [0.1, 0.15) is 0 Å². The van der Waals surface area contributed by atoms with Gasteiger partial charge in [-0.15, -0.1) is 6.58 Å². The van der Waals surface area contributed by atoms with Crippen molar-refractivity contribution in [3.05, 3.63) is 66.2 Å². The van der Waals surface area contributed by atoms with Crippen molar-refractivity contribution in [1.82, 2.24) is 5.43 Å². The first-order valence-electron chi connectivity index (χ1n) is 9.29. The number of hydrazone groups is 1. The number of allylic oxidation sites excluding steroid dienone is 1. The van der Waals surface area contributed by atoms with E-state index in [4.69, 9.17) is 4.74 Å². The first kappa shape index (κ1) is 21.7. The molecule has 2 aromatic carbocycles. The normalized spacial score (nSPS) is 10.5. The summed E-state index contributed by atoms with van der Waals surface area (Å²) in [5.41, 5.74) is 4.39. The second-order valence-electron chi connectivity index (χ2n) is 6.16. The van der Waals surface area contributed by atoms with Gasteiger partial charge in [0.25, 0.3) is 0 Å². The Morgan fingerprint density at radius 3 is 2.59 bits per heavy atom. The molecule has 0 aliphatic carbocycles. The lowest BCUT2D eigenvalue weighted by Crippen LogP contribution is -2.20. The molecule has 0 unspecified atom stereocenters. The van der Waals surface area contributed by atoms with Crippen LogP contribution in [0.2, 0.25) is 0 Å². The summed E-state index contributed by atoms with van der Waals surface area (Å²) < 4.78 is 5.43. The van der Waals surface area contributed by atoms with Crippen LogP contribution in [0.25, 0.3) is 0 Å². The molecular weight excluding hydrogens is 370 g/mol. The van der Waals surface area contributed by atoms with Crippen molar-refractivity contribution in [2.45, 2.75) is 26.2 Å². The molecule has 29 heavy (non-hydrogen) atoms. The Labute approximate surface area is 170 Å². The van der Waals surface area contributed by atoms with Gasteiger partial charge >= 0.3 is 0 Å². The zero-order valence-electron chi connectivity index (χ0n) is 16.4. The second-order valence-corrected chi connectivity index (χ2v) is 6.16. The Balaban J connectivity index is 1.89. The SMILES string of the molecule is C=CCc1cc(/C=N/NC(=O)CCC(=O)Nc2ccccc2)cc(OCC)c1O. The monoisotopic (exact) mass is 395 g/mol. The molecule has 0 spiro atoms. The molecule has 0 bridgehead atoms. The Hall–Kier alpha value is -3.61. The Kier molecular flexibility index (Phi) is 8.44. The highest BCUT2D eigenvalue weighted by Gasteiger charge is 2.10. The lowest BCUT2D eigenvalue weighted by molar-refractivity contribution is -0.124. The Morgan fingerprint density at radius 1 is 1.17 bits per heavy atom. The quantitative estimate of drug-likeness (QED) is 0.326. The van der Waals surface area contributed by atoms with E-state index in [1.807, 2.05) is 25.1 Å². The molecule has 2 aromatic rings. The molecule has 7 heteroatoms. The number of nitrogens with one attached hydrogen (secondary N) is 2. The van der Waals surface area contributed by atoms with Gasteiger partial charge in [0, 0.05) is 24.1 Å². The van der Waals surface area contributed by atoms with Crippen LogP contribution in [-0.4, -0.2) is 29.7 Å². The number of nitrogens with zero attached hydrogens (tertiary/aromatic N) is 1. The molecule has 152 valence electrons. The molecule has 0 radical (unpaired) electrons. The van der Waals surface area contributed by atoms with Gasteiger partial charge in [0.2, 0.25) is 11.8 Å². The maximum Gasteiger partial charge on any atom is 0.240 e. The number of carbonyl (C=O) groups is 2. The summed E-state index contributed by atoms with van der Waals surface area (Å²) in [7, 11) is 0. The molecule has 0 saturated heterocycles. The molecule has 0 aliphatic heterocycles. The highest BCUT2D eigenvalue weighted by molar-refractivity contribution is 5.93. The molecule has 7 nitrogen and oxygen atoms in total. The number of phenols is 1. The topological polar surface area (TPSA) is 100 Å². The van der Waals surface area contributed by atoms with Gasteiger partial charge in [-0.1, -0.05) is 24.3 Å². The minimum atomic E-state index is -0.375. The number of phenolic OH excluding ortho intramolecular Hbond substituents is 1. The van der Waals surface area contributed by atoms with Gasteiger partial charge in [0.15, 0.2) is 11.5 Å². The smallest absolute Gasteiger partial charge is 0.240 e. The Bertz CT molecular complexity index is 879. The number of ether oxygens (including phenoxy) is 1. The van der Waals surface area contributed by atoms with Crippen LogP contribution >= 0.6 is 0 Å². The van der Waals surface area contributed by atoms with Crippen LogP contribution < -0.4 is 15.5 Å². The van der Waals surface area contributed by atoms with E-state index in [-0.39, 0.29) is 30.4 Å².